The van der Waals surface area contributed by atoms with Crippen LogP contribution in [0.2, 0.25) is 0 Å². The topological polar surface area (TPSA) is 66.5 Å². The fourth-order valence-corrected chi connectivity index (χ4v) is 3.20. The molecule has 26 heavy (non-hydrogen) atoms. The summed E-state index contributed by atoms with van der Waals surface area (Å²) in [6.45, 7) is 12.4. The molecular weight excluding hydrogens is 322 g/mol. The molecule has 0 aromatic heterocycles. The number of benzene rings is 2. The fourth-order valence-electron chi connectivity index (χ4n) is 3.20. The highest BCUT2D eigenvalue weighted by molar-refractivity contribution is 5.50. The molecule has 3 heteroatoms. The molecule has 0 aliphatic heterocycles. The van der Waals surface area contributed by atoms with Gasteiger partial charge >= 0.3 is 0 Å². The van der Waals surface area contributed by atoms with Crippen molar-refractivity contribution in [2.45, 2.75) is 70.9 Å². The second-order valence-corrected chi connectivity index (χ2v) is 9.25. The summed E-state index contributed by atoms with van der Waals surface area (Å²) in [6.07, 6.45) is -0.193. The molecule has 0 saturated carbocycles. The van der Waals surface area contributed by atoms with E-state index in [4.69, 9.17) is 5.73 Å². The van der Waals surface area contributed by atoms with Gasteiger partial charge in [0.05, 0.1) is 12.1 Å². The summed E-state index contributed by atoms with van der Waals surface area (Å²) in [6, 6.07) is 13.3. The van der Waals surface area contributed by atoms with E-state index in [0.29, 0.717) is 12.2 Å². The van der Waals surface area contributed by atoms with Gasteiger partial charge in [-0.3, -0.25) is 0 Å². The molecule has 4 N–H and O–H groups in total. The first-order chi connectivity index (χ1) is 11.9. The molecule has 2 aromatic rings. The van der Waals surface area contributed by atoms with E-state index >= 15 is 0 Å². The molecular formula is C23H33NO2. The number of rotatable bonds is 4. The average Bonchev–Trinajstić information content (AvgIpc) is 2.53. The van der Waals surface area contributed by atoms with Crippen LogP contribution in [0, 0.1) is 0 Å². The number of aliphatic hydroxyl groups excluding tert-OH is 1. The molecule has 0 heterocycles. The van der Waals surface area contributed by atoms with E-state index in [1.54, 1.807) is 0 Å². The summed E-state index contributed by atoms with van der Waals surface area (Å²) >= 11 is 0. The maximum atomic E-state index is 10.8. The molecule has 142 valence electrons. The van der Waals surface area contributed by atoms with Crippen molar-refractivity contribution in [2.24, 2.45) is 5.73 Å². The second-order valence-electron chi connectivity index (χ2n) is 9.25. The smallest absolute Gasteiger partial charge is 0.123 e. The van der Waals surface area contributed by atoms with Crippen LogP contribution in [0.25, 0.3) is 0 Å². The van der Waals surface area contributed by atoms with Gasteiger partial charge in [0.1, 0.15) is 5.75 Å². The molecule has 0 aliphatic rings. The monoisotopic (exact) mass is 355 g/mol. The fraction of sp³-hybridized carbons (Fsp3) is 0.478. The molecule has 0 spiro atoms. The first-order valence-electron chi connectivity index (χ1n) is 9.26. The van der Waals surface area contributed by atoms with Crippen LogP contribution in [0.4, 0.5) is 0 Å². The van der Waals surface area contributed by atoms with E-state index in [0.717, 1.165) is 22.3 Å². The van der Waals surface area contributed by atoms with Crippen LogP contribution in [0.5, 0.6) is 5.75 Å². The van der Waals surface area contributed by atoms with Crippen LogP contribution < -0.4 is 5.73 Å². The summed E-state index contributed by atoms with van der Waals surface area (Å²) in [4.78, 5) is 0. The third-order valence-electron chi connectivity index (χ3n) is 4.84. The van der Waals surface area contributed by atoms with E-state index in [1.807, 2.05) is 42.5 Å². The van der Waals surface area contributed by atoms with Gasteiger partial charge in [-0.2, -0.15) is 0 Å². The predicted molar refractivity (Wildman–Crippen MR) is 109 cm³/mol. The number of aliphatic hydroxyl groups is 1. The van der Waals surface area contributed by atoms with Crippen molar-refractivity contribution in [3.63, 3.8) is 0 Å². The first-order valence-corrected chi connectivity index (χ1v) is 9.26. The average molecular weight is 356 g/mol. The highest BCUT2D eigenvalue weighted by atomic mass is 16.3. The van der Waals surface area contributed by atoms with E-state index in [1.165, 1.54) is 0 Å². The van der Waals surface area contributed by atoms with Crippen molar-refractivity contribution in [1.29, 1.82) is 0 Å². The lowest BCUT2D eigenvalue weighted by molar-refractivity contribution is 0.145. The lowest BCUT2D eigenvalue weighted by Crippen LogP contribution is -2.29. The maximum Gasteiger partial charge on any atom is 0.123 e. The van der Waals surface area contributed by atoms with Gasteiger partial charge in [-0.05, 0) is 45.2 Å². The highest BCUT2D eigenvalue weighted by Crippen LogP contribution is 2.41. The Morgan fingerprint density at radius 3 is 1.77 bits per heavy atom. The molecule has 2 aromatic carbocycles. The summed E-state index contributed by atoms with van der Waals surface area (Å²) in [5.74, 6) is 0.332. The van der Waals surface area contributed by atoms with Crippen LogP contribution in [-0.4, -0.2) is 16.3 Å². The van der Waals surface area contributed by atoms with Gasteiger partial charge in [-0.25, -0.2) is 0 Å². The Balaban J connectivity index is 2.44. The Kier molecular flexibility index (Phi) is 5.84. The normalized spacial score (nSPS) is 14.9. The van der Waals surface area contributed by atoms with E-state index < -0.39 is 12.1 Å². The second kappa shape index (κ2) is 7.42. The summed E-state index contributed by atoms with van der Waals surface area (Å²) in [7, 11) is 0. The van der Waals surface area contributed by atoms with Crippen molar-refractivity contribution in [2.75, 3.05) is 0 Å². The number of hydrogen-bond acceptors (Lipinski definition) is 3. The highest BCUT2D eigenvalue weighted by Gasteiger charge is 2.29. The Morgan fingerprint density at radius 2 is 1.35 bits per heavy atom. The SMILES string of the molecule is CC(C)(C)c1cc([C@@H](N)[C@@H](O)Cc2ccccc2)cc(C(C)(C)C)c1O. The Bertz CT molecular complexity index is 704. The van der Waals surface area contributed by atoms with Gasteiger partial charge in [0.25, 0.3) is 0 Å². The largest absolute Gasteiger partial charge is 0.507 e. The van der Waals surface area contributed by atoms with Gasteiger partial charge in [-0.1, -0.05) is 71.9 Å². The Labute approximate surface area is 157 Å². The van der Waals surface area contributed by atoms with Gasteiger partial charge in [0.2, 0.25) is 0 Å². The zero-order valence-electron chi connectivity index (χ0n) is 16.9. The predicted octanol–water partition coefficient (Wildman–Crippen LogP) is 4.59. The molecule has 2 atom stereocenters. The summed E-state index contributed by atoms with van der Waals surface area (Å²) < 4.78 is 0. The molecule has 0 radical (unpaired) electrons. The Morgan fingerprint density at radius 1 is 0.885 bits per heavy atom. The molecule has 0 fully saturated rings. The quantitative estimate of drug-likeness (QED) is 0.751. The zero-order chi connectivity index (χ0) is 19.7. The van der Waals surface area contributed by atoms with Gasteiger partial charge in [0.15, 0.2) is 0 Å². The minimum absolute atomic E-state index is 0.218. The van der Waals surface area contributed by atoms with Gasteiger partial charge in [0, 0.05) is 6.42 Å². The minimum Gasteiger partial charge on any atom is -0.507 e. The lowest BCUT2D eigenvalue weighted by Gasteiger charge is -2.30. The lowest BCUT2D eigenvalue weighted by atomic mass is 9.77. The number of hydrogen-bond donors (Lipinski definition) is 3. The van der Waals surface area contributed by atoms with Crippen molar-refractivity contribution in [3.05, 3.63) is 64.7 Å². The van der Waals surface area contributed by atoms with E-state index in [-0.39, 0.29) is 10.8 Å². The van der Waals surface area contributed by atoms with Gasteiger partial charge < -0.3 is 15.9 Å². The van der Waals surface area contributed by atoms with Crippen molar-refractivity contribution < 1.29 is 10.2 Å². The molecule has 2 rings (SSSR count). The van der Waals surface area contributed by atoms with Crippen LogP contribution in [0.1, 0.15) is 69.8 Å². The van der Waals surface area contributed by atoms with Crippen LogP contribution in [-0.2, 0) is 17.3 Å². The minimum atomic E-state index is -0.692. The number of phenols is 1. The molecule has 3 nitrogen and oxygen atoms in total. The molecule has 0 aliphatic carbocycles. The zero-order valence-corrected chi connectivity index (χ0v) is 16.9. The molecule has 0 unspecified atom stereocenters. The number of nitrogens with two attached hydrogens (primary N) is 1. The summed E-state index contributed by atoms with van der Waals surface area (Å²) in [5.41, 5.74) is 9.64. The third-order valence-corrected chi connectivity index (χ3v) is 4.84. The summed E-state index contributed by atoms with van der Waals surface area (Å²) in [5, 5.41) is 21.5. The van der Waals surface area contributed by atoms with E-state index in [2.05, 4.69) is 41.5 Å². The standard InChI is InChI=1S/C23H33NO2/c1-22(2,3)17-13-16(14-18(21(17)26)23(4,5)6)20(24)19(25)12-15-10-8-7-9-11-15/h7-11,13-14,19-20,25-26H,12,24H2,1-6H3/t19-,20+/m0/s1. The van der Waals surface area contributed by atoms with Crippen molar-refractivity contribution >= 4 is 0 Å². The van der Waals surface area contributed by atoms with E-state index in [9.17, 15) is 10.2 Å². The van der Waals surface area contributed by atoms with Crippen LogP contribution in [0.3, 0.4) is 0 Å². The molecule has 0 amide bonds. The number of phenolic OH excluding ortho intramolecular Hbond substituents is 1. The molecule has 0 bridgehead atoms. The maximum absolute atomic E-state index is 10.8. The van der Waals surface area contributed by atoms with Crippen LogP contribution >= 0.6 is 0 Å². The number of aromatic hydroxyl groups is 1. The van der Waals surface area contributed by atoms with Crippen LogP contribution in [0.15, 0.2) is 42.5 Å². The Hall–Kier alpha value is -1.84. The van der Waals surface area contributed by atoms with Crippen molar-refractivity contribution in [1.82, 2.24) is 0 Å². The third kappa shape index (κ3) is 4.66. The van der Waals surface area contributed by atoms with Crippen molar-refractivity contribution in [3.8, 4) is 5.75 Å². The first kappa shape index (κ1) is 20.5. The van der Waals surface area contributed by atoms with Gasteiger partial charge in [-0.15, -0.1) is 0 Å². The molecule has 0 saturated heterocycles.